The fourth-order valence-corrected chi connectivity index (χ4v) is 4.11. The molecule has 0 atom stereocenters. The van der Waals surface area contributed by atoms with E-state index in [0.717, 1.165) is 59.5 Å². The van der Waals surface area contributed by atoms with Gasteiger partial charge in [-0.3, -0.25) is 0 Å². The first-order chi connectivity index (χ1) is 15.3. The Hall–Kier alpha value is -3.37. The number of piperazine rings is 1. The lowest BCUT2D eigenvalue weighted by atomic mass is 10.0. The minimum absolute atomic E-state index is 0.719. The van der Waals surface area contributed by atoms with E-state index in [9.17, 15) is 0 Å². The fourth-order valence-electron chi connectivity index (χ4n) is 3.99. The lowest BCUT2D eigenvalue weighted by molar-refractivity contribution is 0.640. The van der Waals surface area contributed by atoms with E-state index in [4.69, 9.17) is 21.6 Å². The highest BCUT2D eigenvalue weighted by molar-refractivity contribution is 6.30. The van der Waals surface area contributed by atoms with Gasteiger partial charge in [0.2, 0.25) is 5.95 Å². The van der Waals surface area contributed by atoms with Crippen molar-refractivity contribution in [2.45, 2.75) is 0 Å². The lowest BCUT2D eigenvalue weighted by Gasteiger charge is -2.36. The van der Waals surface area contributed by atoms with Gasteiger partial charge in [0.15, 0.2) is 0 Å². The summed E-state index contributed by atoms with van der Waals surface area (Å²) in [6.45, 7) is 3.67. The van der Waals surface area contributed by atoms with E-state index in [-0.39, 0.29) is 0 Å². The minimum Gasteiger partial charge on any atom is -0.368 e. The number of anilines is 2. The van der Waals surface area contributed by atoms with Gasteiger partial charge < -0.3 is 9.80 Å². The Kier molecular flexibility index (Phi) is 5.55. The predicted octanol–water partition coefficient (Wildman–Crippen LogP) is 5.79. The molecule has 0 amide bonds. The van der Waals surface area contributed by atoms with Crippen LogP contribution in [0.4, 0.5) is 11.6 Å². The van der Waals surface area contributed by atoms with E-state index in [2.05, 4.69) is 52.3 Å². The monoisotopic (exact) mass is 426 g/mol. The van der Waals surface area contributed by atoms with Crippen molar-refractivity contribution in [2.75, 3.05) is 36.0 Å². The number of aromatic nitrogens is 2. The molecule has 0 N–H and O–H groups in total. The molecule has 1 aromatic heterocycles. The maximum atomic E-state index is 6.13. The summed E-state index contributed by atoms with van der Waals surface area (Å²) in [5, 5.41) is 0.719. The molecule has 0 aliphatic carbocycles. The van der Waals surface area contributed by atoms with Crippen LogP contribution in [0.25, 0.3) is 22.4 Å². The van der Waals surface area contributed by atoms with E-state index in [1.54, 1.807) is 0 Å². The number of rotatable bonds is 4. The molecule has 1 aliphatic heterocycles. The first-order valence-electron chi connectivity index (χ1n) is 10.5. The van der Waals surface area contributed by atoms with Crippen LogP contribution in [0.5, 0.6) is 0 Å². The highest BCUT2D eigenvalue weighted by atomic mass is 35.5. The molecule has 5 heteroatoms. The van der Waals surface area contributed by atoms with Gasteiger partial charge in [-0.25, -0.2) is 9.97 Å². The molecule has 0 bridgehead atoms. The molecule has 4 aromatic rings. The normalized spacial score (nSPS) is 14.0. The second-order valence-corrected chi connectivity index (χ2v) is 8.05. The molecule has 5 rings (SSSR count). The fraction of sp³-hybridized carbons (Fsp3) is 0.154. The van der Waals surface area contributed by atoms with Gasteiger partial charge in [-0.1, -0.05) is 72.3 Å². The summed E-state index contributed by atoms with van der Waals surface area (Å²) in [6, 6.07) is 28.7. The zero-order chi connectivity index (χ0) is 21.0. The number of para-hydroxylation sites is 1. The van der Waals surface area contributed by atoms with Gasteiger partial charge in [0.1, 0.15) is 0 Å². The SMILES string of the molecule is Clc1ccc(-c2nc(N3CCN(c4ccccc4)CC3)ncc2-c2ccccc2)cc1. The van der Waals surface area contributed by atoms with Gasteiger partial charge in [-0.2, -0.15) is 0 Å². The predicted molar refractivity (Wildman–Crippen MR) is 129 cm³/mol. The summed E-state index contributed by atoms with van der Waals surface area (Å²) in [5.74, 6) is 0.775. The van der Waals surface area contributed by atoms with E-state index in [1.165, 1.54) is 5.69 Å². The van der Waals surface area contributed by atoms with Gasteiger partial charge in [-0.15, -0.1) is 0 Å². The van der Waals surface area contributed by atoms with Crippen molar-refractivity contribution < 1.29 is 0 Å². The Morgan fingerprint density at radius 3 is 1.94 bits per heavy atom. The van der Waals surface area contributed by atoms with Gasteiger partial charge in [0, 0.05) is 54.2 Å². The van der Waals surface area contributed by atoms with E-state index in [1.807, 2.05) is 48.7 Å². The van der Waals surface area contributed by atoms with Crippen molar-refractivity contribution in [3.05, 3.63) is 96.1 Å². The Balaban J connectivity index is 1.45. The van der Waals surface area contributed by atoms with Crippen LogP contribution in [0.2, 0.25) is 5.02 Å². The quantitative estimate of drug-likeness (QED) is 0.413. The lowest BCUT2D eigenvalue weighted by Crippen LogP contribution is -2.47. The van der Waals surface area contributed by atoms with Crippen molar-refractivity contribution >= 4 is 23.2 Å². The Morgan fingerprint density at radius 2 is 1.26 bits per heavy atom. The Bertz CT molecular complexity index is 1140. The standard InChI is InChI=1S/C26H23ClN4/c27-22-13-11-21(12-14-22)25-24(20-7-3-1-4-8-20)19-28-26(29-25)31-17-15-30(16-18-31)23-9-5-2-6-10-23/h1-14,19H,15-18H2. The first kappa shape index (κ1) is 19.6. The molecule has 31 heavy (non-hydrogen) atoms. The van der Waals surface area contributed by atoms with Gasteiger partial charge >= 0.3 is 0 Å². The van der Waals surface area contributed by atoms with E-state index < -0.39 is 0 Å². The maximum absolute atomic E-state index is 6.13. The third-order valence-corrected chi connectivity index (χ3v) is 5.91. The summed E-state index contributed by atoms with van der Waals surface area (Å²) in [4.78, 5) is 14.5. The topological polar surface area (TPSA) is 32.3 Å². The van der Waals surface area contributed by atoms with Crippen LogP contribution in [-0.4, -0.2) is 36.1 Å². The molecule has 2 heterocycles. The molecule has 3 aromatic carbocycles. The molecule has 1 saturated heterocycles. The second-order valence-electron chi connectivity index (χ2n) is 7.61. The smallest absolute Gasteiger partial charge is 0.226 e. The van der Waals surface area contributed by atoms with Crippen LogP contribution in [0.1, 0.15) is 0 Å². The highest BCUT2D eigenvalue weighted by Crippen LogP contribution is 2.32. The molecule has 0 radical (unpaired) electrons. The van der Waals surface area contributed by atoms with Crippen LogP contribution in [0.15, 0.2) is 91.1 Å². The maximum Gasteiger partial charge on any atom is 0.226 e. The highest BCUT2D eigenvalue weighted by Gasteiger charge is 2.21. The number of halogens is 1. The molecule has 0 spiro atoms. The van der Waals surface area contributed by atoms with Crippen LogP contribution >= 0.6 is 11.6 Å². The molecule has 0 saturated carbocycles. The Morgan fingerprint density at radius 1 is 0.645 bits per heavy atom. The summed E-state index contributed by atoms with van der Waals surface area (Å²) < 4.78 is 0. The van der Waals surface area contributed by atoms with E-state index in [0.29, 0.717) is 0 Å². The zero-order valence-corrected chi connectivity index (χ0v) is 17.9. The molecular weight excluding hydrogens is 404 g/mol. The molecule has 1 fully saturated rings. The zero-order valence-electron chi connectivity index (χ0n) is 17.2. The molecular formula is C26H23ClN4. The molecule has 1 aliphatic rings. The van der Waals surface area contributed by atoms with Crippen LogP contribution < -0.4 is 9.80 Å². The third kappa shape index (κ3) is 4.25. The van der Waals surface area contributed by atoms with E-state index >= 15 is 0 Å². The van der Waals surface area contributed by atoms with Crippen LogP contribution in [-0.2, 0) is 0 Å². The number of hydrogen-bond acceptors (Lipinski definition) is 4. The largest absolute Gasteiger partial charge is 0.368 e. The average Bonchev–Trinajstić information content (AvgIpc) is 2.85. The third-order valence-electron chi connectivity index (χ3n) is 5.66. The summed E-state index contributed by atoms with van der Waals surface area (Å²) in [7, 11) is 0. The molecule has 154 valence electrons. The van der Waals surface area contributed by atoms with Crippen LogP contribution in [0.3, 0.4) is 0 Å². The molecule has 4 nitrogen and oxygen atoms in total. The number of hydrogen-bond donors (Lipinski definition) is 0. The van der Waals surface area contributed by atoms with Crippen molar-refractivity contribution in [2.24, 2.45) is 0 Å². The van der Waals surface area contributed by atoms with Crippen LogP contribution in [0, 0.1) is 0 Å². The van der Waals surface area contributed by atoms with Gasteiger partial charge in [0.25, 0.3) is 0 Å². The van der Waals surface area contributed by atoms with Gasteiger partial charge in [0.05, 0.1) is 5.69 Å². The number of nitrogens with zero attached hydrogens (tertiary/aromatic N) is 4. The first-order valence-corrected chi connectivity index (χ1v) is 10.9. The Labute approximate surface area is 187 Å². The minimum atomic E-state index is 0.719. The average molecular weight is 427 g/mol. The molecule has 0 unspecified atom stereocenters. The van der Waals surface area contributed by atoms with Crippen molar-refractivity contribution in [1.29, 1.82) is 0 Å². The second kappa shape index (κ2) is 8.78. The van der Waals surface area contributed by atoms with Crippen molar-refractivity contribution in [3.8, 4) is 22.4 Å². The number of benzene rings is 3. The summed E-state index contributed by atoms with van der Waals surface area (Å²) in [5.41, 5.74) is 5.36. The van der Waals surface area contributed by atoms with Crippen molar-refractivity contribution in [1.82, 2.24) is 9.97 Å². The summed E-state index contributed by atoms with van der Waals surface area (Å²) in [6.07, 6.45) is 1.95. The van der Waals surface area contributed by atoms with Crippen molar-refractivity contribution in [3.63, 3.8) is 0 Å². The summed E-state index contributed by atoms with van der Waals surface area (Å²) >= 11 is 6.13. The van der Waals surface area contributed by atoms with Gasteiger partial charge in [-0.05, 0) is 29.8 Å².